The number of fused-ring (bicyclic) bond motifs is 1. The van der Waals surface area contributed by atoms with Gasteiger partial charge in [-0.2, -0.15) is 0 Å². The number of aliphatic hydroxyl groups is 1. The van der Waals surface area contributed by atoms with Crippen LogP contribution >= 0.6 is 0 Å². The van der Waals surface area contributed by atoms with Crippen LogP contribution in [0.15, 0.2) is 60.7 Å². The van der Waals surface area contributed by atoms with Gasteiger partial charge in [-0.25, -0.2) is 4.79 Å². The van der Waals surface area contributed by atoms with Gasteiger partial charge in [0, 0.05) is 11.7 Å². The number of rotatable bonds is 8. The van der Waals surface area contributed by atoms with Crippen molar-refractivity contribution in [3.05, 3.63) is 77.4 Å². The Morgan fingerprint density at radius 1 is 1.02 bits per heavy atom. The first kappa shape index (κ1) is 29.1. The number of hydrogen-bond acceptors (Lipinski definition) is 5. The van der Waals surface area contributed by atoms with Crippen molar-refractivity contribution in [1.82, 2.24) is 10.2 Å². The van der Waals surface area contributed by atoms with Gasteiger partial charge in [-0.1, -0.05) is 61.0 Å². The molecular weight excluding hydrogens is 506 g/mol. The molecule has 1 fully saturated rings. The van der Waals surface area contributed by atoms with Crippen molar-refractivity contribution in [3.8, 4) is 0 Å². The van der Waals surface area contributed by atoms with Gasteiger partial charge in [0.15, 0.2) is 0 Å². The van der Waals surface area contributed by atoms with E-state index in [1.165, 1.54) is 0 Å². The van der Waals surface area contributed by atoms with Crippen LogP contribution in [0.4, 0.5) is 10.5 Å². The zero-order valence-electron chi connectivity index (χ0n) is 24.0. The van der Waals surface area contributed by atoms with E-state index in [9.17, 15) is 19.5 Å². The van der Waals surface area contributed by atoms with E-state index >= 15 is 0 Å². The minimum Gasteiger partial charge on any atom is -0.444 e. The molecule has 4 rings (SSSR count). The lowest BCUT2D eigenvalue weighted by Gasteiger charge is -2.35. The maximum atomic E-state index is 14.1. The lowest BCUT2D eigenvalue weighted by atomic mass is 9.95. The molecule has 40 heavy (non-hydrogen) atoms. The Morgan fingerprint density at radius 2 is 1.70 bits per heavy atom. The molecule has 0 aliphatic heterocycles. The van der Waals surface area contributed by atoms with E-state index in [2.05, 4.69) is 10.6 Å². The van der Waals surface area contributed by atoms with E-state index in [1.54, 1.807) is 25.7 Å². The van der Waals surface area contributed by atoms with Gasteiger partial charge in [0.2, 0.25) is 5.91 Å². The number of carbonyl (C=O) groups is 3. The van der Waals surface area contributed by atoms with Crippen LogP contribution in [-0.2, 0) is 14.3 Å². The minimum absolute atomic E-state index is 0.158. The number of aryl methyl sites for hydroxylation is 2. The van der Waals surface area contributed by atoms with Crippen molar-refractivity contribution >= 4 is 34.4 Å². The fraction of sp³-hybridized carbons (Fsp3) is 0.406. The Morgan fingerprint density at radius 3 is 2.33 bits per heavy atom. The van der Waals surface area contributed by atoms with E-state index in [4.69, 9.17) is 4.74 Å². The first-order valence-electron chi connectivity index (χ1n) is 13.7. The van der Waals surface area contributed by atoms with Crippen LogP contribution in [0.1, 0.15) is 56.8 Å². The fourth-order valence-electron chi connectivity index (χ4n) is 4.94. The molecule has 1 saturated carbocycles. The summed E-state index contributed by atoms with van der Waals surface area (Å²) in [6.07, 6.45) is -0.103. The van der Waals surface area contributed by atoms with Crippen molar-refractivity contribution in [3.63, 3.8) is 0 Å². The van der Waals surface area contributed by atoms with E-state index in [-0.39, 0.29) is 17.9 Å². The molecule has 0 aromatic heterocycles. The molecule has 3 amide bonds. The Kier molecular flexibility index (Phi) is 8.49. The molecule has 3 aromatic carbocycles. The summed E-state index contributed by atoms with van der Waals surface area (Å²) in [5.41, 5.74) is 2.33. The van der Waals surface area contributed by atoms with Crippen LogP contribution in [-0.4, -0.2) is 52.2 Å². The summed E-state index contributed by atoms with van der Waals surface area (Å²) in [6, 6.07) is 16.9. The molecule has 1 aliphatic rings. The topological polar surface area (TPSA) is 108 Å². The number of nitrogens with zero attached hydrogens (tertiary/aromatic N) is 1. The second kappa shape index (κ2) is 11.7. The zero-order valence-corrected chi connectivity index (χ0v) is 24.0. The van der Waals surface area contributed by atoms with Gasteiger partial charge in [0.1, 0.15) is 17.7 Å². The molecule has 0 radical (unpaired) electrons. The molecule has 8 heteroatoms. The Labute approximate surface area is 235 Å². The number of nitrogens with one attached hydrogen (secondary N) is 2. The van der Waals surface area contributed by atoms with Gasteiger partial charge in [-0.3, -0.25) is 9.59 Å². The highest BCUT2D eigenvalue weighted by Gasteiger charge is 2.48. The summed E-state index contributed by atoms with van der Waals surface area (Å²) in [5, 5.41) is 17.7. The van der Waals surface area contributed by atoms with E-state index in [0.29, 0.717) is 17.7 Å². The highest BCUT2D eigenvalue weighted by molar-refractivity contribution is 6.00. The monoisotopic (exact) mass is 545 g/mol. The van der Waals surface area contributed by atoms with Crippen molar-refractivity contribution < 1.29 is 24.2 Å². The molecule has 0 saturated heterocycles. The van der Waals surface area contributed by atoms with Gasteiger partial charge in [0.05, 0.1) is 6.61 Å². The Bertz CT molecular complexity index is 1410. The van der Waals surface area contributed by atoms with Gasteiger partial charge in [0.25, 0.3) is 5.91 Å². The summed E-state index contributed by atoms with van der Waals surface area (Å²) in [7, 11) is 0. The predicted octanol–water partition coefficient (Wildman–Crippen LogP) is 5.26. The molecule has 0 spiro atoms. The standard InChI is InChI=1S/C32H39N3O5/c1-19-11-12-20(2)25(15-19)28(29(37)33-24-14-13-22-9-7-8-10-23(22)17-24)35(27-16-21(27)3)30(38)26(18-36)34-31(39)40-32(4,5)6/h7-15,17,21,26-28,36H,16,18H2,1-6H3,(H,33,37)(H,34,39). The largest absolute Gasteiger partial charge is 0.444 e. The summed E-state index contributed by atoms with van der Waals surface area (Å²) in [4.78, 5) is 42.3. The Hall–Kier alpha value is -3.91. The normalized spacial score (nSPS) is 18.0. The maximum Gasteiger partial charge on any atom is 0.408 e. The number of ether oxygens (including phenoxy) is 1. The van der Waals surface area contributed by atoms with Crippen molar-refractivity contribution in [2.24, 2.45) is 5.92 Å². The van der Waals surface area contributed by atoms with E-state index in [1.807, 2.05) is 81.4 Å². The van der Waals surface area contributed by atoms with Gasteiger partial charge in [-0.15, -0.1) is 0 Å². The minimum atomic E-state index is -1.27. The smallest absolute Gasteiger partial charge is 0.408 e. The molecule has 4 unspecified atom stereocenters. The van der Waals surface area contributed by atoms with Crippen LogP contribution < -0.4 is 10.6 Å². The molecule has 0 heterocycles. The summed E-state index contributed by atoms with van der Waals surface area (Å²) in [5.74, 6) is -0.751. The maximum absolute atomic E-state index is 14.1. The molecule has 0 bridgehead atoms. The highest BCUT2D eigenvalue weighted by Crippen LogP contribution is 2.41. The van der Waals surface area contributed by atoms with E-state index in [0.717, 1.165) is 21.9 Å². The number of carbonyl (C=O) groups excluding carboxylic acids is 3. The summed E-state index contributed by atoms with van der Waals surface area (Å²) >= 11 is 0. The fourth-order valence-corrected chi connectivity index (χ4v) is 4.94. The number of hydrogen-bond donors (Lipinski definition) is 3. The van der Waals surface area contributed by atoms with Crippen molar-refractivity contribution in [2.45, 2.75) is 71.7 Å². The van der Waals surface area contributed by atoms with Crippen LogP contribution in [0.25, 0.3) is 10.8 Å². The second-order valence-corrected chi connectivity index (χ2v) is 11.7. The molecule has 3 N–H and O–H groups in total. The summed E-state index contributed by atoms with van der Waals surface area (Å²) in [6.45, 7) is 10.4. The number of amides is 3. The number of aliphatic hydroxyl groups excluding tert-OH is 1. The summed E-state index contributed by atoms with van der Waals surface area (Å²) < 4.78 is 5.33. The average molecular weight is 546 g/mol. The average Bonchev–Trinajstić information content (AvgIpc) is 3.61. The van der Waals surface area contributed by atoms with Crippen molar-refractivity contribution in [2.75, 3.05) is 11.9 Å². The predicted molar refractivity (Wildman–Crippen MR) is 156 cm³/mol. The first-order chi connectivity index (χ1) is 18.9. The van der Waals surface area contributed by atoms with Crippen LogP contribution in [0.5, 0.6) is 0 Å². The molecule has 4 atom stereocenters. The molecular formula is C32H39N3O5. The molecule has 8 nitrogen and oxygen atoms in total. The number of benzene rings is 3. The SMILES string of the molecule is Cc1ccc(C)c(C(C(=O)Nc2ccc3ccccc3c2)N(C(=O)C(CO)NC(=O)OC(C)(C)C)C2CC2C)c1. The first-order valence-corrected chi connectivity index (χ1v) is 13.7. The third-order valence-electron chi connectivity index (χ3n) is 7.12. The zero-order chi connectivity index (χ0) is 29.2. The Balaban J connectivity index is 1.72. The van der Waals surface area contributed by atoms with Gasteiger partial charge >= 0.3 is 6.09 Å². The van der Waals surface area contributed by atoms with E-state index < -0.39 is 36.3 Å². The lowest BCUT2D eigenvalue weighted by Crippen LogP contribution is -2.54. The molecule has 212 valence electrons. The van der Waals surface area contributed by atoms with Crippen LogP contribution in [0.2, 0.25) is 0 Å². The third-order valence-corrected chi connectivity index (χ3v) is 7.12. The number of alkyl carbamates (subject to hydrolysis) is 1. The van der Waals surface area contributed by atoms with Crippen LogP contribution in [0, 0.1) is 19.8 Å². The quantitative estimate of drug-likeness (QED) is 0.358. The molecule has 1 aliphatic carbocycles. The third kappa shape index (κ3) is 6.80. The lowest BCUT2D eigenvalue weighted by molar-refractivity contribution is -0.142. The van der Waals surface area contributed by atoms with Crippen molar-refractivity contribution in [1.29, 1.82) is 0 Å². The van der Waals surface area contributed by atoms with Crippen LogP contribution in [0.3, 0.4) is 0 Å². The highest BCUT2D eigenvalue weighted by atomic mass is 16.6. The van der Waals surface area contributed by atoms with Gasteiger partial charge < -0.3 is 25.4 Å². The number of anilines is 1. The van der Waals surface area contributed by atoms with Gasteiger partial charge in [-0.05, 0) is 81.0 Å². The second-order valence-electron chi connectivity index (χ2n) is 11.7. The molecule has 3 aromatic rings.